The van der Waals surface area contributed by atoms with E-state index in [4.69, 9.17) is 4.74 Å². The van der Waals surface area contributed by atoms with Gasteiger partial charge in [-0.3, -0.25) is 4.79 Å². The van der Waals surface area contributed by atoms with Gasteiger partial charge in [0.1, 0.15) is 0 Å². The molecule has 0 saturated heterocycles. The fourth-order valence-corrected chi connectivity index (χ4v) is 3.34. The van der Waals surface area contributed by atoms with Gasteiger partial charge < -0.3 is 10.1 Å². The quantitative estimate of drug-likeness (QED) is 0.803. The van der Waals surface area contributed by atoms with Crippen molar-refractivity contribution in [2.45, 2.75) is 24.5 Å². The highest BCUT2D eigenvalue weighted by molar-refractivity contribution is 7.89. The fourth-order valence-electron chi connectivity index (χ4n) is 2.12. The number of amides is 1. The van der Waals surface area contributed by atoms with Crippen molar-refractivity contribution in [3.63, 3.8) is 0 Å². The van der Waals surface area contributed by atoms with Crippen LogP contribution >= 0.6 is 0 Å². The molecule has 0 radical (unpaired) electrons. The highest BCUT2D eigenvalue weighted by atomic mass is 32.2. The van der Waals surface area contributed by atoms with Gasteiger partial charge >= 0.3 is 0 Å². The van der Waals surface area contributed by atoms with Gasteiger partial charge in [-0.25, -0.2) is 8.42 Å². The van der Waals surface area contributed by atoms with E-state index in [1.165, 1.54) is 19.1 Å². The lowest BCUT2D eigenvalue weighted by Crippen LogP contribution is -2.41. The van der Waals surface area contributed by atoms with Crippen LogP contribution in [0.25, 0.3) is 0 Å². The summed E-state index contributed by atoms with van der Waals surface area (Å²) < 4.78 is 32.0. The van der Waals surface area contributed by atoms with Crippen molar-refractivity contribution in [2.24, 2.45) is 0 Å². The number of rotatable bonds is 7. The predicted octanol–water partition coefficient (Wildman–Crippen LogP) is 2.14. The first-order valence-corrected chi connectivity index (χ1v) is 8.87. The number of ether oxygens (including phenoxy) is 1. The summed E-state index contributed by atoms with van der Waals surface area (Å²) in [6.07, 6.45) is 0. The first-order valence-electron chi connectivity index (χ1n) is 7.39. The number of carbonyl (C=O) groups excluding carboxylic acids is 1. The third-order valence-corrected chi connectivity index (χ3v) is 4.91. The molecular formula is C17H20N2O4S. The largest absolute Gasteiger partial charge is 0.380 e. The summed E-state index contributed by atoms with van der Waals surface area (Å²) in [7, 11) is -2.19. The molecule has 1 amide bonds. The Morgan fingerprint density at radius 2 is 1.71 bits per heavy atom. The normalized spacial score (nSPS) is 12.6. The number of para-hydroxylation sites is 1. The van der Waals surface area contributed by atoms with E-state index in [-0.39, 0.29) is 4.90 Å². The van der Waals surface area contributed by atoms with Crippen LogP contribution < -0.4 is 10.0 Å². The molecule has 0 saturated carbocycles. The molecule has 6 nitrogen and oxygen atoms in total. The molecule has 0 aliphatic heterocycles. The van der Waals surface area contributed by atoms with E-state index >= 15 is 0 Å². The number of hydrogen-bond acceptors (Lipinski definition) is 4. The summed E-state index contributed by atoms with van der Waals surface area (Å²) in [5, 5.41) is 2.72. The van der Waals surface area contributed by atoms with E-state index in [0.717, 1.165) is 5.56 Å². The van der Waals surface area contributed by atoms with Crippen molar-refractivity contribution >= 4 is 21.6 Å². The minimum absolute atomic E-state index is 0.115. The molecule has 0 unspecified atom stereocenters. The zero-order chi connectivity index (χ0) is 17.6. The standard InChI is InChI=1S/C17H20N2O4S/c1-13(19-24(21,22)15-9-4-3-5-10-15)17(20)18-16-11-7-6-8-14(16)12-23-2/h3-11,13,19H,12H2,1-2H3,(H,18,20)/t13-/m0/s1. The number of sulfonamides is 1. The molecule has 0 aliphatic carbocycles. The van der Waals surface area contributed by atoms with Gasteiger partial charge in [-0.15, -0.1) is 0 Å². The molecule has 0 bridgehead atoms. The van der Waals surface area contributed by atoms with Gasteiger partial charge in [0, 0.05) is 18.4 Å². The van der Waals surface area contributed by atoms with Gasteiger partial charge in [-0.2, -0.15) is 4.72 Å². The fraction of sp³-hybridized carbons (Fsp3) is 0.235. The van der Waals surface area contributed by atoms with Gasteiger partial charge in [-0.1, -0.05) is 36.4 Å². The molecule has 0 aliphatic rings. The number of benzene rings is 2. The number of carbonyl (C=O) groups is 1. The minimum Gasteiger partial charge on any atom is -0.380 e. The lowest BCUT2D eigenvalue weighted by atomic mass is 10.2. The Bertz CT molecular complexity index is 791. The summed E-state index contributed by atoms with van der Waals surface area (Å²) in [4.78, 5) is 12.4. The van der Waals surface area contributed by atoms with Crippen molar-refractivity contribution in [1.29, 1.82) is 0 Å². The second kappa shape index (κ2) is 8.05. The molecule has 128 valence electrons. The third kappa shape index (κ3) is 4.64. The zero-order valence-corrected chi connectivity index (χ0v) is 14.3. The first-order chi connectivity index (χ1) is 11.4. The van der Waals surface area contributed by atoms with Crippen LogP contribution in [-0.2, 0) is 26.2 Å². The Morgan fingerprint density at radius 1 is 1.08 bits per heavy atom. The Hall–Kier alpha value is -2.22. The van der Waals surface area contributed by atoms with Crippen LogP contribution in [0.15, 0.2) is 59.5 Å². The van der Waals surface area contributed by atoms with Crippen LogP contribution in [0.3, 0.4) is 0 Å². The van der Waals surface area contributed by atoms with Gasteiger partial charge in [0.25, 0.3) is 0 Å². The summed E-state index contributed by atoms with van der Waals surface area (Å²) >= 11 is 0. The van der Waals surface area contributed by atoms with Gasteiger partial charge in [0.2, 0.25) is 15.9 Å². The topological polar surface area (TPSA) is 84.5 Å². The Labute approximate surface area is 141 Å². The molecule has 2 aromatic carbocycles. The van der Waals surface area contributed by atoms with Crippen LogP contribution in [0.2, 0.25) is 0 Å². The number of hydrogen-bond donors (Lipinski definition) is 2. The second-order valence-corrected chi connectivity index (χ2v) is 6.95. The molecule has 0 heterocycles. The molecule has 2 aromatic rings. The molecule has 0 aromatic heterocycles. The van der Waals surface area contributed by atoms with Crippen LogP contribution in [0.4, 0.5) is 5.69 Å². The Kier molecular flexibility index (Phi) is 6.08. The van der Waals surface area contributed by atoms with E-state index in [9.17, 15) is 13.2 Å². The summed E-state index contributed by atoms with van der Waals surface area (Å²) in [6, 6.07) is 14.2. The SMILES string of the molecule is COCc1ccccc1NC(=O)[C@H](C)NS(=O)(=O)c1ccccc1. The zero-order valence-electron chi connectivity index (χ0n) is 13.5. The maximum Gasteiger partial charge on any atom is 0.242 e. The monoisotopic (exact) mass is 348 g/mol. The predicted molar refractivity (Wildman–Crippen MR) is 92.0 cm³/mol. The highest BCUT2D eigenvalue weighted by Crippen LogP contribution is 2.16. The second-order valence-electron chi connectivity index (χ2n) is 5.24. The average molecular weight is 348 g/mol. The van der Waals surface area contributed by atoms with Crippen molar-refractivity contribution < 1.29 is 17.9 Å². The molecule has 24 heavy (non-hydrogen) atoms. The molecular weight excluding hydrogens is 328 g/mol. The van der Waals surface area contributed by atoms with Crippen LogP contribution in [0, 0.1) is 0 Å². The highest BCUT2D eigenvalue weighted by Gasteiger charge is 2.22. The van der Waals surface area contributed by atoms with Crippen LogP contribution in [-0.4, -0.2) is 27.5 Å². The minimum atomic E-state index is -3.75. The number of methoxy groups -OCH3 is 1. The van der Waals surface area contributed by atoms with Crippen LogP contribution in [0.1, 0.15) is 12.5 Å². The smallest absolute Gasteiger partial charge is 0.242 e. The molecule has 2 rings (SSSR count). The van der Waals surface area contributed by atoms with E-state index in [0.29, 0.717) is 12.3 Å². The van der Waals surface area contributed by atoms with Gasteiger partial charge in [0.15, 0.2) is 0 Å². The van der Waals surface area contributed by atoms with Gasteiger partial charge in [0.05, 0.1) is 17.5 Å². The lowest BCUT2D eigenvalue weighted by Gasteiger charge is -2.16. The molecule has 0 spiro atoms. The van der Waals surface area contributed by atoms with E-state index < -0.39 is 22.0 Å². The van der Waals surface area contributed by atoms with Crippen LogP contribution in [0.5, 0.6) is 0 Å². The molecule has 7 heteroatoms. The molecule has 0 fully saturated rings. The van der Waals surface area contributed by atoms with Crippen molar-refractivity contribution in [3.8, 4) is 0 Å². The third-order valence-electron chi connectivity index (χ3n) is 3.35. The lowest BCUT2D eigenvalue weighted by molar-refractivity contribution is -0.117. The average Bonchev–Trinajstić information content (AvgIpc) is 2.57. The van der Waals surface area contributed by atoms with Gasteiger partial charge in [-0.05, 0) is 25.1 Å². The number of nitrogens with one attached hydrogen (secondary N) is 2. The Morgan fingerprint density at radius 3 is 2.38 bits per heavy atom. The Balaban J connectivity index is 2.08. The number of anilines is 1. The van der Waals surface area contributed by atoms with Crippen molar-refractivity contribution in [3.05, 3.63) is 60.2 Å². The first kappa shape index (κ1) is 18.1. The molecule has 1 atom stereocenters. The maximum absolute atomic E-state index is 12.3. The van der Waals surface area contributed by atoms with E-state index in [1.54, 1.807) is 37.4 Å². The maximum atomic E-state index is 12.3. The molecule has 2 N–H and O–H groups in total. The summed E-state index contributed by atoms with van der Waals surface area (Å²) in [5.41, 5.74) is 1.40. The summed E-state index contributed by atoms with van der Waals surface area (Å²) in [5.74, 6) is -0.446. The summed E-state index contributed by atoms with van der Waals surface area (Å²) in [6.45, 7) is 1.84. The van der Waals surface area contributed by atoms with Crippen molar-refractivity contribution in [2.75, 3.05) is 12.4 Å². The van der Waals surface area contributed by atoms with E-state index in [2.05, 4.69) is 10.0 Å². The van der Waals surface area contributed by atoms with E-state index in [1.807, 2.05) is 12.1 Å². The van der Waals surface area contributed by atoms with Crippen molar-refractivity contribution in [1.82, 2.24) is 4.72 Å².